The fraction of sp³-hybridized carbons (Fsp3) is 0.240. The molecule has 0 fully saturated rings. The van der Waals surface area contributed by atoms with Crippen LogP contribution in [0.2, 0.25) is 0 Å². The second kappa shape index (κ2) is 9.96. The van der Waals surface area contributed by atoms with Crippen molar-refractivity contribution in [1.29, 1.82) is 0 Å². The monoisotopic (exact) mass is 454 g/mol. The van der Waals surface area contributed by atoms with Crippen LogP contribution in [0.25, 0.3) is 0 Å². The van der Waals surface area contributed by atoms with Crippen LogP contribution in [0.15, 0.2) is 77.7 Å². The zero-order valence-electron chi connectivity index (χ0n) is 18.4. The molecule has 1 unspecified atom stereocenters. The van der Waals surface area contributed by atoms with E-state index in [-0.39, 0.29) is 16.6 Å². The van der Waals surface area contributed by atoms with E-state index < -0.39 is 28.3 Å². The average molecular weight is 455 g/mol. The van der Waals surface area contributed by atoms with Crippen molar-refractivity contribution in [3.05, 3.63) is 95.3 Å². The van der Waals surface area contributed by atoms with Crippen molar-refractivity contribution in [3.8, 4) is 0 Å². The Kier molecular flexibility index (Phi) is 7.30. The lowest BCUT2D eigenvalue weighted by atomic mass is 9.99. The molecule has 0 saturated heterocycles. The first-order valence-electron chi connectivity index (χ1n) is 10.4. The topological polar surface area (TPSA) is 66.5 Å². The standard InChI is InChI=1S/C25H27FN2O3S/c1-4-23(20-15-14-18(2)19(3)16-20)27-25(29)17-28(24-13-9-8-12-22(24)26)32(30,31)21-10-6-5-7-11-21/h5-16,23H,4,17H2,1-3H3,(H,27,29). The minimum atomic E-state index is -4.16. The number of amides is 1. The molecule has 0 aromatic heterocycles. The van der Waals surface area contributed by atoms with Crippen molar-refractivity contribution >= 4 is 21.6 Å². The lowest BCUT2D eigenvalue weighted by Gasteiger charge is -2.26. The van der Waals surface area contributed by atoms with Crippen LogP contribution in [0.1, 0.15) is 36.1 Å². The van der Waals surface area contributed by atoms with Crippen molar-refractivity contribution < 1.29 is 17.6 Å². The van der Waals surface area contributed by atoms with E-state index in [1.165, 1.54) is 36.4 Å². The van der Waals surface area contributed by atoms with Gasteiger partial charge >= 0.3 is 0 Å². The number of anilines is 1. The second-order valence-electron chi connectivity index (χ2n) is 7.65. The highest BCUT2D eigenvalue weighted by Gasteiger charge is 2.29. The molecule has 7 heteroatoms. The quantitative estimate of drug-likeness (QED) is 0.526. The van der Waals surface area contributed by atoms with Gasteiger partial charge in [0, 0.05) is 0 Å². The zero-order valence-corrected chi connectivity index (χ0v) is 19.2. The molecule has 1 amide bonds. The fourth-order valence-electron chi connectivity index (χ4n) is 3.45. The molecule has 0 aliphatic rings. The number of aryl methyl sites for hydroxylation is 2. The van der Waals surface area contributed by atoms with E-state index in [4.69, 9.17) is 0 Å². The normalized spacial score (nSPS) is 12.2. The lowest BCUT2D eigenvalue weighted by molar-refractivity contribution is -0.120. The summed E-state index contributed by atoms with van der Waals surface area (Å²) in [6, 6.07) is 18.9. The molecule has 3 aromatic rings. The number of rotatable bonds is 8. The Morgan fingerprint density at radius 3 is 2.25 bits per heavy atom. The molecule has 0 aliphatic carbocycles. The summed E-state index contributed by atoms with van der Waals surface area (Å²) in [7, 11) is -4.16. The van der Waals surface area contributed by atoms with Gasteiger partial charge in [0.25, 0.3) is 10.0 Å². The Morgan fingerprint density at radius 2 is 1.62 bits per heavy atom. The summed E-state index contributed by atoms with van der Waals surface area (Å²) in [5.41, 5.74) is 3.02. The first kappa shape index (κ1) is 23.5. The molecule has 32 heavy (non-hydrogen) atoms. The third-order valence-electron chi connectivity index (χ3n) is 5.42. The highest BCUT2D eigenvalue weighted by molar-refractivity contribution is 7.92. The molecular weight excluding hydrogens is 427 g/mol. The summed E-state index contributed by atoms with van der Waals surface area (Å²) in [5.74, 6) is -1.24. The summed E-state index contributed by atoms with van der Waals surface area (Å²) in [4.78, 5) is 13.0. The molecule has 1 atom stereocenters. The average Bonchev–Trinajstić information content (AvgIpc) is 2.79. The van der Waals surface area contributed by atoms with E-state index in [2.05, 4.69) is 5.32 Å². The number of para-hydroxylation sites is 1. The zero-order chi connectivity index (χ0) is 23.3. The molecule has 0 bridgehead atoms. The van der Waals surface area contributed by atoms with Crippen LogP contribution in [0.5, 0.6) is 0 Å². The third-order valence-corrected chi connectivity index (χ3v) is 7.19. The Hall–Kier alpha value is -3.19. The number of halogens is 1. The third kappa shape index (κ3) is 5.16. The number of hydrogen-bond donors (Lipinski definition) is 1. The summed E-state index contributed by atoms with van der Waals surface area (Å²) in [6.45, 7) is 5.41. The number of benzene rings is 3. The number of carbonyl (C=O) groups is 1. The van der Waals surface area contributed by atoms with Crippen LogP contribution in [-0.2, 0) is 14.8 Å². The molecule has 0 radical (unpaired) electrons. The number of nitrogens with zero attached hydrogens (tertiary/aromatic N) is 1. The lowest BCUT2D eigenvalue weighted by Crippen LogP contribution is -2.42. The summed E-state index contributed by atoms with van der Waals surface area (Å²) < 4.78 is 42.0. The minimum absolute atomic E-state index is 0.0164. The van der Waals surface area contributed by atoms with Crippen LogP contribution >= 0.6 is 0 Å². The van der Waals surface area contributed by atoms with Gasteiger partial charge in [0.2, 0.25) is 5.91 Å². The molecule has 0 aliphatic heterocycles. The van der Waals surface area contributed by atoms with Gasteiger partial charge in [-0.25, -0.2) is 12.8 Å². The summed E-state index contributed by atoms with van der Waals surface area (Å²) >= 11 is 0. The molecule has 3 rings (SSSR count). The summed E-state index contributed by atoms with van der Waals surface area (Å²) in [5, 5.41) is 2.91. The minimum Gasteiger partial charge on any atom is -0.348 e. The Bertz CT molecular complexity index is 1200. The highest BCUT2D eigenvalue weighted by atomic mass is 32.2. The van der Waals surface area contributed by atoms with Crippen molar-refractivity contribution in [3.63, 3.8) is 0 Å². The first-order valence-corrected chi connectivity index (χ1v) is 11.9. The second-order valence-corrected chi connectivity index (χ2v) is 9.51. The summed E-state index contributed by atoms with van der Waals surface area (Å²) in [6.07, 6.45) is 0.624. The Balaban J connectivity index is 1.91. The predicted octanol–water partition coefficient (Wildman–Crippen LogP) is 4.91. The van der Waals surface area contributed by atoms with Gasteiger partial charge < -0.3 is 5.32 Å². The number of sulfonamides is 1. The van der Waals surface area contributed by atoms with Gasteiger partial charge in [-0.15, -0.1) is 0 Å². The Labute approximate surface area is 188 Å². The molecule has 0 heterocycles. The first-order chi connectivity index (χ1) is 15.2. The maximum atomic E-state index is 14.6. The van der Waals surface area contributed by atoms with Crippen LogP contribution in [-0.4, -0.2) is 20.9 Å². The van der Waals surface area contributed by atoms with E-state index in [1.54, 1.807) is 18.2 Å². The molecule has 0 saturated carbocycles. The molecular formula is C25H27FN2O3S. The van der Waals surface area contributed by atoms with E-state index in [9.17, 15) is 17.6 Å². The number of hydrogen-bond acceptors (Lipinski definition) is 3. The van der Waals surface area contributed by atoms with Crippen molar-refractivity contribution in [2.45, 2.75) is 38.1 Å². The van der Waals surface area contributed by atoms with Gasteiger partial charge in [0.1, 0.15) is 12.4 Å². The van der Waals surface area contributed by atoms with Crippen molar-refractivity contribution in [1.82, 2.24) is 5.32 Å². The molecule has 3 aromatic carbocycles. The van der Waals surface area contributed by atoms with Gasteiger partial charge in [-0.1, -0.05) is 55.5 Å². The van der Waals surface area contributed by atoms with E-state index in [1.807, 2.05) is 39.0 Å². The SMILES string of the molecule is CCC(NC(=O)CN(c1ccccc1F)S(=O)(=O)c1ccccc1)c1ccc(C)c(C)c1. The van der Waals surface area contributed by atoms with Gasteiger partial charge in [0.15, 0.2) is 0 Å². The molecule has 168 valence electrons. The van der Waals surface area contributed by atoms with Crippen LogP contribution in [0, 0.1) is 19.7 Å². The van der Waals surface area contributed by atoms with Gasteiger partial charge in [-0.2, -0.15) is 0 Å². The van der Waals surface area contributed by atoms with E-state index in [0.717, 1.165) is 21.0 Å². The van der Waals surface area contributed by atoms with Gasteiger partial charge in [-0.05, 0) is 61.2 Å². The maximum absolute atomic E-state index is 14.6. The largest absolute Gasteiger partial charge is 0.348 e. The number of nitrogens with one attached hydrogen (secondary N) is 1. The van der Waals surface area contributed by atoms with Crippen LogP contribution in [0.4, 0.5) is 10.1 Å². The van der Waals surface area contributed by atoms with Crippen LogP contribution in [0.3, 0.4) is 0 Å². The maximum Gasteiger partial charge on any atom is 0.264 e. The molecule has 5 nitrogen and oxygen atoms in total. The smallest absolute Gasteiger partial charge is 0.264 e. The van der Waals surface area contributed by atoms with Crippen LogP contribution < -0.4 is 9.62 Å². The van der Waals surface area contributed by atoms with E-state index >= 15 is 0 Å². The highest BCUT2D eigenvalue weighted by Crippen LogP contribution is 2.26. The van der Waals surface area contributed by atoms with E-state index in [0.29, 0.717) is 6.42 Å². The fourth-order valence-corrected chi connectivity index (χ4v) is 4.90. The molecule has 1 N–H and O–H groups in total. The number of carbonyl (C=O) groups excluding carboxylic acids is 1. The van der Waals surface area contributed by atoms with Gasteiger partial charge in [0.05, 0.1) is 16.6 Å². The Morgan fingerprint density at radius 1 is 0.969 bits per heavy atom. The predicted molar refractivity (Wildman–Crippen MR) is 124 cm³/mol. The molecule has 0 spiro atoms. The van der Waals surface area contributed by atoms with Crippen molar-refractivity contribution in [2.24, 2.45) is 0 Å². The van der Waals surface area contributed by atoms with Crippen molar-refractivity contribution in [2.75, 3.05) is 10.8 Å². The van der Waals surface area contributed by atoms with Gasteiger partial charge in [-0.3, -0.25) is 9.10 Å².